The Morgan fingerprint density at radius 1 is 2.00 bits per heavy atom. The molecule has 1 amide bonds. The van der Waals surface area contributed by atoms with E-state index >= 15 is 0 Å². The van der Waals surface area contributed by atoms with Gasteiger partial charge in [-0.05, 0) is 6.92 Å². The summed E-state index contributed by atoms with van der Waals surface area (Å²) in [6.07, 6.45) is 0.0799. The van der Waals surface area contributed by atoms with Crippen molar-refractivity contribution in [3.05, 3.63) is 6.92 Å². The molecule has 3 heteroatoms. The zero-order valence-electron chi connectivity index (χ0n) is 3.27. The second-order valence-electron chi connectivity index (χ2n) is 0.785. The first kappa shape index (κ1) is 5.43. The largest absolute Gasteiger partial charge is 0.289 e. The minimum absolute atomic E-state index is 0.0799. The van der Waals surface area contributed by atoms with Crippen molar-refractivity contribution in [3.63, 3.8) is 0 Å². The Morgan fingerprint density at radius 3 is 2.50 bits per heavy atom. The van der Waals surface area contributed by atoms with Crippen molar-refractivity contribution in [2.24, 2.45) is 0 Å². The molecule has 1 radical (unpaired) electrons. The molecule has 0 aliphatic carbocycles. The lowest BCUT2D eigenvalue weighted by Crippen LogP contribution is -2.16. The van der Waals surface area contributed by atoms with E-state index in [0.29, 0.717) is 0 Å². The molecule has 0 heterocycles. The second-order valence-corrected chi connectivity index (χ2v) is 0.785. The molecule has 0 aromatic heterocycles. The predicted octanol–water partition coefficient (Wildman–Crippen LogP) is -0.284. The van der Waals surface area contributed by atoms with Crippen molar-refractivity contribution < 1.29 is 10.0 Å². The summed E-state index contributed by atoms with van der Waals surface area (Å²) in [4.78, 5) is 9.76. The number of carbonyl (C=O) groups is 1. The number of carbonyl (C=O) groups excluding carboxylic acids is 1. The molecular formula is C3H6NO2. The van der Waals surface area contributed by atoms with Crippen molar-refractivity contribution in [1.82, 2.24) is 5.48 Å². The van der Waals surface area contributed by atoms with Crippen LogP contribution in [0, 0.1) is 6.92 Å². The third-order valence-electron chi connectivity index (χ3n) is 0.352. The van der Waals surface area contributed by atoms with Gasteiger partial charge >= 0.3 is 0 Å². The van der Waals surface area contributed by atoms with E-state index in [0.717, 1.165) is 0 Å². The van der Waals surface area contributed by atoms with E-state index in [4.69, 9.17) is 5.21 Å². The van der Waals surface area contributed by atoms with E-state index in [1.165, 1.54) is 5.48 Å². The number of hydrogen-bond donors (Lipinski definition) is 2. The van der Waals surface area contributed by atoms with Crippen LogP contribution in [0.25, 0.3) is 0 Å². The van der Waals surface area contributed by atoms with Crippen LogP contribution in [0.5, 0.6) is 0 Å². The fourth-order valence-electron chi connectivity index (χ4n) is 0.0559. The molecule has 0 aromatic rings. The summed E-state index contributed by atoms with van der Waals surface area (Å²) >= 11 is 0. The average molecular weight is 88.1 g/mol. The minimum Gasteiger partial charge on any atom is -0.289 e. The molecular weight excluding hydrogens is 82.0 g/mol. The van der Waals surface area contributed by atoms with Crippen LogP contribution in [0.15, 0.2) is 0 Å². The molecule has 0 saturated carbocycles. The first-order chi connectivity index (χ1) is 2.81. The molecule has 2 N–H and O–H groups in total. The second kappa shape index (κ2) is 2.66. The number of hydrogen-bond acceptors (Lipinski definition) is 2. The van der Waals surface area contributed by atoms with Crippen LogP contribution in [0.1, 0.15) is 6.42 Å². The van der Waals surface area contributed by atoms with E-state index in [9.17, 15) is 4.79 Å². The number of amides is 1. The van der Waals surface area contributed by atoms with Gasteiger partial charge in [-0.2, -0.15) is 0 Å². The van der Waals surface area contributed by atoms with Crippen LogP contribution in [0.4, 0.5) is 0 Å². The fraction of sp³-hybridized carbons (Fsp3) is 0.333. The molecule has 0 aliphatic rings. The molecule has 0 aliphatic heterocycles. The summed E-state index contributed by atoms with van der Waals surface area (Å²) in [6.45, 7) is 3.18. The van der Waals surface area contributed by atoms with Crippen LogP contribution < -0.4 is 5.48 Å². The lowest BCUT2D eigenvalue weighted by atomic mass is 10.5. The highest BCUT2D eigenvalue weighted by atomic mass is 16.5. The summed E-state index contributed by atoms with van der Waals surface area (Å²) in [5, 5.41) is 7.70. The quantitative estimate of drug-likeness (QED) is 0.342. The van der Waals surface area contributed by atoms with Gasteiger partial charge < -0.3 is 0 Å². The summed E-state index contributed by atoms with van der Waals surface area (Å²) in [7, 11) is 0. The van der Waals surface area contributed by atoms with Crippen LogP contribution in [-0.4, -0.2) is 11.1 Å². The van der Waals surface area contributed by atoms with Crippen LogP contribution in [0.3, 0.4) is 0 Å². The van der Waals surface area contributed by atoms with Crippen molar-refractivity contribution in [2.45, 2.75) is 6.42 Å². The normalized spacial score (nSPS) is 7.67. The summed E-state index contributed by atoms with van der Waals surface area (Å²) in [5.74, 6) is -0.463. The third-order valence-corrected chi connectivity index (χ3v) is 0.352. The van der Waals surface area contributed by atoms with Gasteiger partial charge in [-0.25, -0.2) is 5.48 Å². The summed E-state index contributed by atoms with van der Waals surface area (Å²) in [5.41, 5.74) is 1.41. The fourth-order valence-corrected chi connectivity index (χ4v) is 0.0559. The van der Waals surface area contributed by atoms with Crippen LogP contribution >= 0.6 is 0 Å². The molecule has 0 atom stereocenters. The van der Waals surface area contributed by atoms with Gasteiger partial charge in [0.15, 0.2) is 0 Å². The van der Waals surface area contributed by atoms with Gasteiger partial charge in [0, 0.05) is 6.42 Å². The zero-order chi connectivity index (χ0) is 4.99. The van der Waals surface area contributed by atoms with Crippen molar-refractivity contribution in [1.29, 1.82) is 0 Å². The van der Waals surface area contributed by atoms with E-state index in [1.807, 2.05) is 0 Å². The van der Waals surface area contributed by atoms with Crippen LogP contribution in [0.2, 0.25) is 0 Å². The molecule has 0 spiro atoms. The van der Waals surface area contributed by atoms with Gasteiger partial charge in [0.1, 0.15) is 0 Å². The van der Waals surface area contributed by atoms with Gasteiger partial charge in [0.2, 0.25) is 5.91 Å². The Hall–Kier alpha value is -0.570. The Labute approximate surface area is 35.9 Å². The number of nitrogens with one attached hydrogen (secondary N) is 1. The SMILES string of the molecule is [CH2]CC(=O)NO. The standard InChI is InChI=1S/C3H6NO2/c1-2-3(5)4-6/h6H,1-2H2,(H,4,5). The smallest absolute Gasteiger partial charge is 0.243 e. The van der Waals surface area contributed by atoms with E-state index in [2.05, 4.69) is 6.92 Å². The van der Waals surface area contributed by atoms with Crippen molar-refractivity contribution in [3.8, 4) is 0 Å². The molecule has 3 nitrogen and oxygen atoms in total. The Balaban J connectivity index is 2.99. The molecule has 6 heavy (non-hydrogen) atoms. The molecule has 0 rings (SSSR count). The molecule has 0 saturated heterocycles. The molecule has 0 bridgehead atoms. The van der Waals surface area contributed by atoms with Gasteiger partial charge in [0.05, 0.1) is 0 Å². The third kappa shape index (κ3) is 1.72. The maximum Gasteiger partial charge on any atom is 0.243 e. The lowest BCUT2D eigenvalue weighted by molar-refractivity contribution is -0.128. The molecule has 0 aromatic carbocycles. The Bertz CT molecular complexity index is 46.8. The zero-order valence-corrected chi connectivity index (χ0v) is 3.27. The molecule has 35 valence electrons. The average Bonchev–Trinajstić information content (AvgIpc) is 1.65. The van der Waals surface area contributed by atoms with Gasteiger partial charge in [0.25, 0.3) is 0 Å². The molecule has 0 unspecified atom stereocenters. The van der Waals surface area contributed by atoms with Gasteiger partial charge in [-0.3, -0.25) is 10.0 Å². The predicted molar refractivity (Wildman–Crippen MR) is 19.9 cm³/mol. The first-order valence-electron chi connectivity index (χ1n) is 1.53. The lowest BCUT2D eigenvalue weighted by Gasteiger charge is -1.85. The van der Waals surface area contributed by atoms with E-state index in [1.54, 1.807) is 0 Å². The maximum atomic E-state index is 9.76. The topological polar surface area (TPSA) is 49.3 Å². The highest BCUT2D eigenvalue weighted by Crippen LogP contribution is 1.66. The Morgan fingerprint density at radius 2 is 2.50 bits per heavy atom. The van der Waals surface area contributed by atoms with Crippen molar-refractivity contribution >= 4 is 5.91 Å². The molecule has 0 fully saturated rings. The summed E-state index contributed by atoms with van der Waals surface area (Å²) < 4.78 is 0. The number of rotatable bonds is 1. The van der Waals surface area contributed by atoms with Crippen molar-refractivity contribution in [2.75, 3.05) is 0 Å². The minimum atomic E-state index is -0.463. The summed E-state index contributed by atoms with van der Waals surface area (Å²) in [6, 6.07) is 0. The first-order valence-corrected chi connectivity index (χ1v) is 1.53. The Kier molecular flexibility index (Phi) is 2.40. The maximum absolute atomic E-state index is 9.76. The highest BCUT2D eigenvalue weighted by molar-refractivity contribution is 5.74. The highest BCUT2D eigenvalue weighted by Gasteiger charge is 1.86. The van der Waals surface area contributed by atoms with Gasteiger partial charge in [-0.15, -0.1) is 0 Å². The van der Waals surface area contributed by atoms with Gasteiger partial charge in [-0.1, -0.05) is 0 Å². The van der Waals surface area contributed by atoms with E-state index in [-0.39, 0.29) is 6.42 Å². The van der Waals surface area contributed by atoms with E-state index < -0.39 is 5.91 Å². The number of hydroxylamine groups is 1. The monoisotopic (exact) mass is 88.0 g/mol. The van der Waals surface area contributed by atoms with Crippen LogP contribution in [-0.2, 0) is 4.79 Å².